The van der Waals surface area contributed by atoms with E-state index < -0.39 is 0 Å². The predicted molar refractivity (Wildman–Crippen MR) is 82.8 cm³/mol. The molecule has 20 heavy (non-hydrogen) atoms. The molecule has 4 heteroatoms. The maximum absolute atomic E-state index is 8.72. The van der Waals surface area contributed by atoms with E-state index in [1.165, 1.54) is 11.3 Å². The summed E-state index contributed by atoms with van der Waals surface area (Å²) in [6.07, 6.45) is 2.10. The average Bonchev–Trinajstić information content (AvgIpc) is 2.89. The van der Waals surface area contributed by atoms with E-state index in [4.69, 9.17) is 9.84 Å². The zero-order valence-electron chi connectivity index (χ0n) is 12.3. The molecule has 1 N–H and O–H groups in total. The number of hydrogen-bond acceptors (Lipinski definition) is 4. The average molecular weight is 293 g/mol. The molecule has 2 unspecified atom stereocenters. The van der Waals surface area contributed by atoms with Crippen LogP contribution in [-0.4, -0.2) is 42.9 Å². The number of aliphatic hydroxyl groups is 1. The van der Waals surface area contributed by atoms with Crippen molar-refractivity contribution in [3.8, 4) is 11.8 Å². The molecular weight excluding hydrogens is 270 g/mol. The summed E-state index contributed by atoms with van der Waals surface area (Å²) in [5.74, 6) is 6.70. The highest BCUT2D eigenvalue weighted by Gasteiger charge is 2.25. The first-order chi connectivity index (χ1) is 9.72. The molecule has 0 aromatic carbocycles. The summed E-state index contributed by atoms with van der Waals surface area (Å²) in [6, 6.07) is 2.16. The fraction of sp³-hybridized carbons (Fsp3) is 0.625. The SMILES string of the molecule is COC1CN(Cc2cc(C#CCCO)cs2)CCC1C. The molecule has 0 spiro atoms. The molecule has 0 amide bonds. The maximum Gasteiger partial charge on any atom is 0.0724 e. The van der Waals surface area contributed by atoms with Gasteiger partial charge in [-0.15, -0.1) is 11.3 Å². The number of ether oxygens (including phenoxy) is 1. The van der Waals surface area contributed by atoms with E-state index >= 15 is 0 Å². The van der Waals surface area contributed by atoms with Gasteiger partial charge in [0.15, 0.2) is 0 Å². The van der Waals surface area contributed by atoms with E-state index in [1.54, 1.807) is 11.3 Å². The Hall–Kier alpha value is -0.860. The second kappa shape index (κ2) is 7.80. The molecule has 1 saturated heterocycles. The first kappa shape index (κ1) is 15.5. The highest BCUT2D eigenvalue weighted by atomic mass is 32.1. The molecule has 1 aliphatic rings. The van der Waals surface area contributed by atoms with Crippen molar-refractivity contribution in [2.75, 3.05) is 26.8 Å². The van der Waals surface area contributed by atoms with Gasteiger partial charge in [0.2, 0.25) is 0 Å². The van der Waals surface area contributed by atoms with Crippen molar-refractivity contribution < 1.29 is 9.84 Å². The number of hydrogen-bond donors (Lipinski definition) is 1. The summed E-state index contributed by atoms with van der Waals surface area (Å²) in [4.78, 5) is 3.81. The fourth-order valence-corrected chi connectivity index (χ4v) is 3.38. The van der Waals surface area contributed by atoms with Gasteiger partial charge in [0, 0.05) is 42.4 Å². The van der Waals surface area contributed by atoms with Crippen molar-refractivity contribution in [2.45, 2.75) is 32.4 Å². The van der Waals surface area contributed by atoms with E-state index in [9.17, 15) is 0 Å². The number of likely N-dealkylation sites (tertiary alicyclic amines) is 1. The van der Waals surface area contributed by atoms with Crippen molar-refractivity contribution in [3.63, 3.8) is 0 Å². The van der Waals surface area contributed by atoms with Gasteiger partial charge in [-0.2, -0.15) is 0 Å². The molecule has 2 heterocycles. The molecule has 2 rings (SSSR count). The quantitative estimate of drug-likeness (QED) is 0.865. The van der Waals surface area contributed by atoms with Gasteiger partial charge in [-0.25, -0.2) is 0 Å². The predicted octanol–water partition coefficient (Wildman–Crippen LogP) is 2.34. The molecule has 0 saturated carbocycles. The highest BCUT2D eigenvalue weighted by molar-refractivity contribution is 7.10. The first-order valence-electron chi connectivity index (χ1n) is 7.15. The fourth-order valence-electron chi connectivity index (χ4n) is 2.52. The largest absolute Gasteiger partial charge is 0.395 e. The summed E-state index contributed by atoms with van der Waals surface area (Å²) in [5, 5.41) is 10.8. The molecule has 2 atom stereocenters. The third kappa shape index (κ3) is 4.32. The highest BCUT2D eigenvalue weighted by Crippen LogP contribution is 2.23. The molecule has 1 fully saturated rings. The number of thiophene rings is 1. The van der Waals surface area contributed by atoms with Crippen LogP contribution in [0.15, 0.2) is 11.4 Å². The van der Waals surface area contributed by atoms with Crippen LogP contribution in [0.4, 0.5) is 0 Å². The second-order valence-corrected chi connectivity index (χ2v) is 6.35. The van der Waals surface area contributed by atoms with Crippen LogP contribution in [0.1, 0.15) is 30.2 Å². The molecule has 1 aromatic heterocycles. The number of piperidine rings is 1. The van der Waals surface area contributed by atoms with E-state index in [-0.39, 0.29) is 6.61 Å². The molecule has 0 aliphatic carbocycles. The minimum Gasteiger partial charge on any atom is -0.395 e. The Balaban J connectivity index is 1.89. The van der Waals surface area contributed by atoms with Gasteiger partial charge in [0.1, 0.15) is 0 Å². The van der Waals surface area contributed by atoms with Crippen LogP contribution >= 0.6 is 11.3 Å². The smallest absolute Gasteiger partial charge is 0.0724 e. The van der Waals surface area contributed by atoms with Gasteiger partial charge < -0.3 is 9.84 Å². The number of nitrogens with zero attached hydrogens (tertiary/aromatic N) is 1. The van der Waals surface area contributed by atoms with Gasteiger partial charge >= 0.3 is 0 Å². The molecular formula is C16H23NO2S. The van der Waals surface area contributed by atoms with Crippen molar-refractivity contribution in [1.29, 1.82) is 0 Å². The summed E-state index contributed by atoms with van der Waals surface area (Å²) >= 11 is 1.76. The summed E-state index contributed by atoms with van der Waals surface area (Å²) in [7, 11) is 1.81. The Labute approximate surface area is 125 Å². The Morgan fingerprint density at radius 3 is 3.15 bits per heavy atom. The third-order valence-electron chi connectivity index (χ3n) is 3.78. The molecule has 1 aliphatic heterocycles. The van der Waals surface area contributed by atoms with Crippen LogP contribution in [0.2, 0.25) is 0 Å². The van der Waals surface area contributed by atoms with Crippen molar-refractivity contribution in [2.24, 2.45) is 5.92 Å². The molecule has 110 valence electrons. The lowest BCUT2D eigenvalue weighted by molar-refractivity contribution is -0.00716. The van der Waals surface area contributed by atoms with Crippen LogP contribution in [0.5, 0.6) is 0 Å². The van der Waals surface area contributed by atoms with Gasteiger partial charge in [0.25, 0.3) is 0 Å². The van der Waals surface area contributed by atoms with Crippen LogP contribution < -0.4 is 0 Å². The number of methoxy groups -OCH3 is 1. The number of aliphatic hydroxyl groups excluding tert-OH is 1. The van der Waals surface area contributed by atoms with Crippen LogP contribution in [0, 0.1) is 17.8 Å². The Morgan fingerprint density at radius 2 is 2.40 bits per heavy atom. The monoisotopic (exact) mass is 293 g/mol. The van der Waals surface area contributed by atoms with Crippen LogP contribution in [0.3, 0.4) is 0 Å². The van der Waals surface area contributed by atoms with E-state index in [0.717, 1.165) is 25.2 Å². The maximum atomic E-state index is 8.72. The Kier molecular flexibility index (Phi) is 6.06. The standard InChI is InChI=1S/C16H23NO2S/c1-13-6-7-17(11-16(13)19-2)10-15-9-14(12-20-15)5-3-4-8-18/h9,12-13,16,18H,4,6-8,10-11H2,1-2H3. The lowest BCUT2D eigenvalue weighted by atomic mass is 9.96. The molecule has 1 aromatic rings. The lowest BCUT2D eigenvalue weighted by Crippen LogP contribution is -2.43. The van der Waals surface area contributed by atoms with Gasteiger partial charge in [-0.3, -0.25) is 4.90 Å². The van der Waals surface area contributed by atoms with Crippen molar-refractivity contribution in [3.05, 3.63) is 21.9 Å². The van der Waals surface area contributed by atoms with Crippen molar-refractivity contribution in [1.82, 2.24) is 4.90 Å². The van der Waals surface area contributed by atoms with E-state index in [2.05, 4.69) is 35.1 Å². The minimum atomic E-state index is 0.133. The van der Waals surface area contributed by atoms with Gasteiger partial charge in [-0.1, -0.05) is 18.8 Å². The third-order valence-corrected chi connectivity index (χ3v) is 4.70. The number of rotatable bonds is 4. The normalized spacial score (nSPS) is 23.4. The summed E-state index contributed by atoms with van der Waals surface area (Å²) in [5.41, 5.74) is 1.06. The van der Waals surface area contributed by atoms with Crippen LogP contribution in [-0.2, 0) is 11.3 Å². The zero-order valence-corrected chi connectivity index (χ0v) is 13.1. The second-order valence-electron chi connectivity index (χ2n) is 5.35. The minimum absolute atomic E-state index is 0.133. The Morgan fingerprint density at radius 1 is 1.55 bits per heavy atom. The summed E-state index contributed by atoms with van der Waals surface area (Å²) < 4.78 is 5.56. The van der Waals surface area contributed by atoms with Gasteiger partial charge in [0.05, 0.1) is 12.7 Å². The molecule has 0 bridgehead atoms. The van der Waals surface area contributed by atoms with Crippen LogP contribution in [0.25, 0.3) is 0 Å². The zero-order chi connectivity index (χ0) is 14.4. The van der Waals surface area contributed by atoms with E-state index in [1.807, 2.05) is 7.11 Å². The molecule has 0 radical (unpaired) electrons. The van der Waals surface area contributed by atoms with Crippen molar-refractivity contribution >= 4 is 11.3 Å². The van der Waals surface area contributed by atoms with E-state index in [0.29, 0.717) is 18.4 Å². The topological polar surface area (TPSA) is 32.7 Å². The Bertz CT molecular complexity index is 474. The molecule has 3 nitrogen and oxygen atoms in total. The first-order valence-corrected chi connectivity index (χ1v) is 8.03. The lowest BCUT2D eigenvalue weighted by Gasteiger charge is -2.35. The van der Waals surface area contributed by atoms with Gasteiger partial charge in [-0.05, 0) is 24.9 Å². The summed E-state index contributed by atoms with van der Waals surface area (Å²) in [6.45, 7) is 5.55.